The number of carbonyl (C=O) groups excluding carboxylic acids is 1. The van der Waals surface area contributed by atoms with Crippen LogP contribution in [0.4, 0.5) is 0 Å². The summed E-state index contributed by atoms with van der Waals surface area (Å²) in [6.45, 7) is 4.15. The van der Waals surface area contributed by atoms with Crippen LogP contribution in [0.3, 0.4) is 0 Å². The van der Waals surface area contributed by atoms with Crippen molar-refractivity contribution in [1.29, 1.82) is 0 Å². The van der Waals surface area contributed by atoms with Gasteiger partial charge in [0.15, 0.2) is 6.10 Å². The summed E-state index contributed by atoms with van der Waals surface area (Å²) in [5.74, 6) is 0.237. The highest BCUT2D eigenvalue weighted by Crippen LogP contribution is 2.30. The number of carboxylic acids is 1. The van der Waals surface area contributed by atoms with Gasteiger partial charge in [0, 0.05) is 13.1 Å². The van der Waals surface area contributed by atoms with E-state index in [0.29, 0.717) is 30.9 Å². The Hall–Kier alpha value is -2.24. The first-order chi connectivity index (χ1) is 10.9. The van der Waals surface area contributed by atoms with Crippen molar-refractivity contribution < 1.29 is 24.2 Å². The number of hydrogen-bond acceptors (Lipinski definition) is 4. The van der Waals surface area contributed by atoms with Gasteiger partial charge in [-0.3, -0.25) is 9.59 Å². The molecule has 1 N–H and O–H groups in total. The molecule has 1 heterocycles. The minimum absolute atomic E-state index is 0.187. The molecule has 0 bridgehead atoms. The molecule has 1 aromatic rings. The summed E-state index contributed by atoms with van der Waals surface area (Å²) in [5, 5.41) is 9.34. The monoisotopic (exact) mass is 321 g/mol. The van der Waals surface area contributed by atoms with E-state index in [2.05, 4.69) is 0 Å². The number of hydrogen-bond donors (Lipinski definition) is 1. The molecule has 1 amide bonds. The molecule has 0 radical (unpaired) electrons. The third-order valence-corrected chi connectivity index (χ3v) is 4.24. The maximum absolute atomic E-state index is 12.5. The lowest BCUT2D eigenvalue weighted by molar-refractivity contribution is -0.155. The standard InChI is InChI=1S/C17H23NO5/c1-12(23-14-7-5-13(22-3)6-8-14)15(19)18-10-4-9-17(2,11-18)16(20)21/h5-8,12H,4,9-11H2,1-3H3,(H,20,21). The molecule has 1 saturated heterocycles. The van der Waals surface area contributed by atoms with Crippen LogP contribution in [0.1, 0.15) is 26.7 Å². The molecule has 2 unspecified atom stereocenters. The van der Waals surface area contributed by atoms with Crippen molar-refractivity contribution in [3.8, 4) is 11.5 Å². The lowest BCUT2D eigenvalue weighted by atomic mass is 9.82. The Morgan fingerprint density at radius 1 is 1.26 bits per heavy atom. The summed E-state index contributed by atoms with van der Waals surface area (Å²) in [6.07, 6.45) is 0.600. The first-order valence-corrected chi connectivity index (χ1v) is 7.68. The Morgan fingerprint density at radius 2 is 1.87 bits per heavy atom. The van der Waals surface area contributed by atoms with Crippen LogP contribution in [0.25, 0.3) is 0 Å². The molecule has 6 nitrogen and oxygen atoms in total. The first-order valence-electron chi connectivity index (χ1n) is 7.68. The zero-order chi connectivity index (χ0) is 17.0. The van der Waals surface area contributed by atoms with E-state index < -0.39 is 17.5 Å². The van der Waals surface area contributed by atoms with E-state index >= 15 is 0 Å². The third-order valence-electron chi connectivity index (χ3n) is 4.24. The van der Waals surface area contributed by atoms with Crippen molar-refractivity contribution in [1.82, 2.24) is 4.90 Å². The fourth-order valence-corrected chi connectivity index (χ4v) is 2.77. The molecule has 2 atom stereocenters. The van der Waals surface area contributed by atoms with E-state index in [0.717, 1.165) is 0 Å². The highest BCUT2D eigenvalue weighted by molar-refractivity contribution is 5.82. The van der Waals surface area contributed by atoms with Crippen molar-refractivity contribution in [2.45, 2.75) is 32.8 Å². The quantitative estimate of drug-likeness (QED) is 0.899. The van der Waals surface area contributed by atoms with Crippen LogP contribution in [0, 0.1) is 5.41 Å². The second-order valence-electron chi connectivity index (χ2n) is 6.16. The molecule has 1 aliphatic rings. The number of amides is 1. The predicted molar refractivity (Wildman–Crippen MR) is 84.6 cm³/mol. The van der Waals surface area contributed by atoms with Gasteiger partial charge in [0.1, 0.15) is 11.5 Å². The highest BCUT2D eigenvalue weighted by atomic mass is 16.5. The van der Waals surface area contributed by atoms with E-state index in [1.54, 1.807) is 50.1 Å². The van der Waals surface area contributed by atoms with E-state index in [9.17, 15) is 14.7 Å². The number of benzene rings is 1. The maximum Gasteiger partial charge on any atom is 0.311 e. The Bertz CT molecular complexity index is 571. The minimum Gasteiger partial charge on any atom is -0.497 e. The van der Waals surface area contributed by atoms with Gasteiger partial charge in [0.2, 0.25) is 0 Å². The van der Waals surface area contributed by atoms with Gasteiger partial charge in [-0.2, -0.15) is 0 Å². The lowest BCUT2D eigenvalue weighted by Gasteiger charge is -2.38. The first kappa shape index (κ1) is 17.1. The molecule has 0 spiro atoms. The van der Waals surface area contributed by atoms with Crippen molar-refractivity contribution in [2.24, 2.45) is 5.41 Å². The molecular weight excluding hydrogens is 298 g/mol. The Balaban J connectivity index is 1.99. The number of likely N-dealkylation sites (tertiary alicyclic amines) is 1. The van der Waals surface area contributed by atoms with E-state index in [1.807, 2.05) is 0 Å². The highest BCUT2D eigenvalue weighted by Gasteiger charge is 2.40. The molecular formula is C17H23NO5. The van der Waals surface area contributed by atoms with Crippen molar-refractivity contribution in [3.05, 3.63) is 24.3 Å². The van der Waals surface area contributed by atoms with E-state index in [4.69, 9.17) is 9.47 Å². The SMILES string of the molecule is COc1ccc(OC(C)C(=O)N2CCCC(C)(C(=O)O)C2)cc1. The summed E-state index contributed by atoms with van der Waals surface area (Å²) < 4.78 is 10.7. The van der Waals surface area contributed by atoms with Gasteiger partial charge >= 0.3 is 5.97 Å². The van der Waals surface area contributed by atoms with E-state index in [1.165, 1.54) is 0 Å². The smallest absolute Gasteiger partial charge is 0.311 e. The van der Waals surface area contributed by atoms with Crippen LogP contribution < -0.4 is 9.47 Å². The third kappa shape index (κ3) is 3.94. The van der Waals surface area contributed by atoms with Crippen molar-refractivity contribution in [2.75, 3.05) is 20.2 Å². The van der Waals surface area contributed by atoms with E-state index in [-0.39, 0.29) is 12.5 Å². The normalized spacial score (nSPS) is 22.3. The van der Waals surface area contributed by atoms with Gasteiger partial charge in [0.25, 0.3) is 5.91 Å². The van der Waals surface area contributed by atoms with Crippen LogP contribution >= 0.6 is 0 Å². The second kappa shape index (κ2) is 6.89. The van der Waals surface area contributed by atoms with Crippen molar-refractivity contribution in [3.63, 3.8) is 0 Å². The number of carbonyl (C=O) groups is 2. The van der Waals surface area contributed by atoms with Gasteiger partial charge in [-0.05, 0) is 51.0 Å². The Labute approximate surface area is 136 Å². The molecule has 126 valence electrons. The zero-order valence-electron chi connectivity index (χ0n) is 13.7. The minimum atomic E-state index is -0.881. The molecule has 6 heteroatoms. The molecule has 1 fully saturated rings. The molecule has 1 aromatic carbocycles. The van der Waals surface area contributed by atoms with Crippen molar-refractivity contribution >= 4 is 11.9 Å². The average Bonchev–Trinajstić information content (AvgIpc) is 2.54. The second-order valence-corrected chi connectivity index (χ2v) is 6.16. The average molecular weight is 321 g/mol. The van der Waals surface area contributed by atoms with Crippen LogP contribution in [-0.2, 0) is 9.59 Å². The maximum atomic E-state index is 12.5. The number of ether oxygens (including phenoxy) is 2. The number of aliphatic carboxylic acids is 1. The van der Waals surface area contributed by atoms with Crippen LogP contribution in [0.2, 0.25) is 0 Å². The van der Waals surface area contributed by atoms with Gasteiger partial charge in [-0.1, -0.05) is 0 Å². The summed E-state index contributed by atoms with van der Waals surface area (Å²) in [4.78, 5) is 25.5. The number of nitrogens with zero attached hydrogens (tertiary/aromatic N) is 1. The summed E-state index contributed by atoms with van der Waals surface area (Å²) in [6, 6.07) is 6.99. The van der Waals surface area contributed by atoms with Crippen LogP contribution in [-0.4, -0.2) is 48.2 Å². The Morgan fingerprint density at radius 3 is 2.43 bits per heavy atom. The molecule has 23 heavy (non-hydrogen) atoms. The Kier molecular flexibility index (Phi) is 5.13. The van der Waals surface area contributed by atoms with Gasteiger partial charge in [0.05, 0.1) is 12.5 Å². The largest absolute Gasteiger partial charge is 0.497 e. The zero-order valence-corrected chi connectivity index (χ0v) is 13.7. The summed E-state index contributed by atoms with van der Waals surface area (Å²) in [7, 11) is 1.58. The molecule has 0 saturated carbocycles. The lowest BCUT2D eigenvalue weighted by Crippen LogP contribution is -2.51. The van der Waals surface area contributed by atoms with Gasteiger partial charge in [-0.25, -0.2) is 0 Å². The van der Waals surface area contributed by atoms with Crippen LogP contribution in [0.5, 0.6) is 11.5 Å². The fourth-order valence-electron chi connectivity index (χ4n) is 2.77. The predicted octanol–water partition coefficient (Wildman–Crippen LogP) is 2.18. The summed E-state index contributed by atoms with van der Waals surface area (Å²) >= 11 is 0. The number of piperidine rings is 1. The fraction of sp³-hybridized carbons (Fsp3) is 0.529. The molecule has 0 aromatic heterocycles. The van der Waals surface area contributed by atoms with Gasteiger partial charge < -0.3 is 19.5 Å². The van der Waals surface area contributed by atoms with Gasteiger partial charge in [-0.15, -0.1) is 0 Å². The van der Waals surface area contributed by atoms with Crippen LogP contribution in [0.15, 0.2) is 24.3 Å². The molecule has 1 aliphatic heterocycles. The molecule has 2 rings (SSSR count). The molecule has 0 aliphatic carbocycles. The topological polar surface area (TPSA) is 76.1 Å². The number of methoxy groups -OCH3 is 1. The summed E-state index contributed by atoms with van der Waals surface area (Å²) in [5.41, 5.74) is -0.881. The number of rotatable bonds is 5. The number of carboxylic acid groups (broad SMARTS) is 1.